The minimum atomic E-state index is -3.40. The fraction of sp³-hybridized carbons (Fsp3) is 0.261. The van der Waals surface area contributed by atoms with Crippen LogP contribution < -0.4 is 10.0 Å². The number of anilines is 1. The van der Waals surface area contributed by atoms with E-state index in [1.807, 2.05) is 42.0 Å². The molecule has 0 bridgehead atoms. The van der Waals surface area contributed by atoms with E-state index in [1.54, 1.807) is 11.8 Å². The molecule has 174 valence electrons. The van der Waals surface area contributed by atoms with Crippen LogP contribution in [0.15, 0.2) is 60.0 Å². The van der Waals surface area contributed by atoms with Gasteiger partial charge in [0.05, 0.1) is 24.4 Å². The van der Waals surface area contributed by atoms with E-state index in [2.05, 4.69) is 15.0 Å². The van der Waals surface area contributed by atoms with Crippen LogP contribution >= 0.6 is 23.1 Å². The first-order valence-corrected chi connectivity index (χ1v) is 14.3. The standard InChI is InChI=1S/C23H25N3O4S3/c1-31-13-12-19(25-23(28)17-8-10-18(11-9-17)26-33(2,29)30)21(27)14-22-24-20(15-32-22)16-6-4-3-5-7-16/h3-11,15,19,26H,12-14H2,1-2H3,(H,25,28)/t19-/m0/s1. The van der Waals surface area contributed by atoms with Crippen LogP contribution in [0.2, 0.25) is 0 Å². The highest BCUT2D eigenvalue weighted by molar-refractivity contribution is 7.98. The predicted molar refractivity (Wildman–Crippen MR) is 135 cm³/mol. The number of carbonyl (C=O) groups excluding carboxylic acids is 2. The second-order valence-electron chi connectivity index (χ2n) is 7.39. The van der Waals surface area contributed by atoms with Crippen molar-refractivity contribution in [1.82, 2.24) is 10.3 Å². The predicted octanol–water partition coefficient (Wildman–Crippen LogP) is 3.84. The van der Waals surface area contributed by atoms with Crippen LogP contribution in [0, 0.1) is 0 Å². The number of aromatic nitrogens is 1. The molecule has 0 aliphatic carbocycles. The fourth-order valence-electron chi connectivity index (χ4n) is 3.10. The van der Waals surface area contributed by atoms with E-state index in [9.17, 15) is 18.0 Å². The van der Waals surface area contributed by atoms with Gasteiger partial charge < -0.3 is 5.32 Å². The molecule has 0 aliphatic heterocycles. The number of nitrogens with one attached hydrogen (secondary N) is 2. The summed E-state index contributed by atoms with van der Waals surface area (Å²) >= 11 is 3.03. The Morgan fingerprint density at radius 3 is 2.42 bits per heavy atom. The molecule has 1 atom stereocenters. The van der Waals surface area contributed by atoms with Gasteiger partial charge in [-0.1, -0.05) is 30.3 Å². The van der Waals surface area contributed by atoms with Crippen molar-refractivity contribution < 1.29 is 18.0 Å². The molecule has 0 radical (unpaired) electrons. The van der Waals surface area contributed by atoms with Gasteiger partial charge >= 0.3 is 0 Å². The number of thiazole rings is 1. The van der Waals surface area contributed by atoms with Crippen LogP contribution in [0.25, 0.3) is 11.3 Å². The fourth-order valence-corrected chi connectivity index (χ4v) is 4.95. The van der Waals surface area contributed by atoms with Gasteiger partial charge in [-0.2, -0.15) is 11.8 Å². The second kappa shape index (κ2) is 11.4. The largest absolute Gasteiger partial charge is 0.342 e. The average Bonchev–Trinajstić information content (AvgIpc) is 3.25. The molecule has 2 N–H and O–H groups in total. The molecule has 33 heavy (non-hydrogen) atoms. The van der Waals surface area contributed by atoms with Gasteiger partial charge in [0.2, 0.25) is 10.0 Å². The molecular formula is C23H25N3O4S3. The number of thioether (sulfide) groups is 1. The van der Waals surface area contributed by atoms with Crippen molar-refractivity contribution in [3.63, 3.8) is 0 Å². The lowest BCUT2D eigenvalue weighted by Gasteiger charge is -2.17. The maximum Gasteiger partial charge on any atom is 0.251 e. The summed E-state index contributed by atoms with van der Waals surface area (Å²) < 4.78 is 25.0. The Morgan fingerprint density at radius 1 is 1.09 bits per heavy atom. The number of benzene rings is 2. The number of carbonyl (C=O) groups is 2. The van der Waals surface area contributed by atoms with Gasteiger partial charge in [-0.25, -0.2) is 13.4 Å². The molecule has 0 unspecified atom stereocenters. The molecule has 1 amide bonds. The summed E-state index contributed by atoms with van der Waals surface area (Å²) in [7, 11) is -3.40. The smallest absolute Gasteiger partial charge is 0.251 e. The number of sulfonamides is 1. The minimum Gasteiger partial charge on any atom is -0.342 e. The van der Waals surface area contributed by atoms with E-state index in [0.29, 0.717) is 22.7 Å². The van der Waals surface area contributed by atoms with Crippen molar-refractivity contribution >= 4 is 50.5 Å². The van der Waals surface area contributed by atoms with E-state index in [1.165, 1.54) is 35.6 Å². The van der Waals surface area contributed by atoms with E-state index >= 15 is 0 Å². The third kappa shape index (κ3) is 7.69. The molecule has 1 aromatic heterocycles. The van der Waals surface area contributed by atoms with Crippen LogP contribution in [0.3, 0.4) is 0 Å². The summed E-state index contributed by atoms with van der Waals surface area (Å²) in [6.45, 7) is 0. The quantitative estimate of drug-likeness (QED) is 0.412. The Hall–Kier alpha value is -2.69. The Labute approximate surface area is 202 Å². The van der Waals surface area contributed by atoms with Crippen molar-refractivity contribution in [2.24, 2.45) is 0 Å². The second-order valence-corrected chi connectivity index (χ2v) is 11.1. The van der Waals surface area contributed by atoms with Gasteiger partial charge in [0.25, 0.3) is 5.91 Å². The molecule has 2 aromatic carbocycles. The highest BCUT2D eigenvalue weighted by Crippen LogP contribution is 2.22. The van der Waals surface area contributed by atoms with Gasteiger partial charge in [0.1, 0.15) is 5.01 Å². The zero-order valence-corrected chi connectivity index (χ0v) is 20.7. The molecule has 0 saturated carbocycles. The molecule has 0 fully saturated rings. The summed E-state index contributed by atoms with van der Waals surface area (Å²) in [6, 6.07) is 15.2. The highest BCUT2D eigenvalue weighted by atomic mass is 32.2. The number of hydrogen-bond donors (Lipinski definition) is 2. The summed E-state index contributed by atoms with van der Waals surface area (Å²) in [5, 5.41) is 5.47. The first-order valence-electron chi connectivity index (χ1n) is 10.2. The Kier molecular flexibility index (Phi) is 8.65. The summed E-state index contributed by atoms with van der Waals surface area (Å²) in [5.41, 5.74) is 2.53. The van der Waals surface area contributed by atoms with Gasteiger partial charge in [0.15, 0.2) is 5.78 Å². The monoisotopic (exact) mass is 503 g/mol. The lowest BCUT2D eigenvalue weighted by atomic mass is 10.1. The zero-order chi connectivity index (χ0) is 23.8. The SMILES string of the molecule is CSCC[C@H](NC(=O)c1ccc(NS(C)(=O)=O)cc1)C(=O)Cc1nc(-c2ccccc2)cs1. The van der Waals surface area contributed by atoms with Gasteiger partial charge in [-0.05, 0) is 42.7 Å². The molecule has 7 nitrogen and oxygen atoms in total. The van der Waals surface area contributed by atoms with Crippen LogP contribution in [0.4, 0.5) is 5.69 Å². The van der Waals surface area contributed by atoms with Gasteiger partial charge in [-0.3, -0.25) is 14.3 Å². The van der Waals surface area contributed by atoms with Gasteiger partial charge in [0, 0.05) is 22.2 Å². The third-order valence-corrected chi connectivity index (χ3v) is 6.80. The highest BCUT2D eigenvalue weighted by Gasteiger charge is 2.22. The van der Waals surface area contributed by atoms with Crippen LogP contribution in [0.5, 0.6) is 0 Å². The van der Waals surface area contributed by atoms with E-state index in [0.717, 1.165) is 23.3 Å². The van der Waals surface area contributed by atoms with E-state index < -0.39 is 16.1 Å². The number of Topliss-reactive ketones (excluding diaryl/α,β-unsaturated/α-hetero) is 1. The Morgan fingerprint density at radius 2 is 1.79 bits per heavy atom. The molecule has 0 spiro atoms. The first-order chi connectivity index (χ1) is 15.7. The average molecular weight is 504 g/mol. The number of nitrogens with zero attached hydrogens (tertiary/aromatic N) is 1. The van der Waals surface area contributed by atoms with Crippen LogP contribution in [-0.2, 0) is 21.2 Å². The number of ketones is 1. The van der Waals surface area contributed by atoms with Crippen LogP contribution in [-0.4, -0.2) is 49.4 Å². The molecular weight excluding hydrogens is 478 g/mol. The van der Waals surface area contributed by atoms with Crippen molar-refractivity contribution in [2.75, 3.05) is 23.0 Å². The lowest BCUT2D eigenvalue weighted by Crippen LogP contribution is -2.42. The topological polar surface area (TPSA) is 105 Å². The zero-order valence-electron chi connectivity index (χ0n) is 18.3. The first kappa shape index (κ1) is 24.9. The van der Waals surface area contributed by atoms with Crippen molar-refractivity contribution in [2.45, 2.75) is 18.9 Å². The number of amides is 1. The summed E-state index contributed by atoms with van der Waals surface area (Å²) in [4.78, 5) is 30.3. The third-order valence-electron chi connectivity index (χ3n) is 4.70. The molecule has 1 heterocycles. The van der Waals surface area contributed by atoms with Crippen molar-refractivity contribution in [3.8, 4) is 11.3 Å². The van der Waals surface area contributed by atoms with Crippen molar-refractivity contribution in [1.29, 1.82) is 0 Å². The normalized spacial score (nSPS) is 12.2. The molecule has 0 saturated heterocycles. The minimum absolute atomic E-state index is 0.0956. The summed E-state index contributed by atoms with van der Waals surface area (Å²) in [5.74, 6) is 0.243. The van der Waals surface area contributed by atoms with Crippen molar-refractivity contribution in [3.05, 3.63) is 70.5 Å². The number of rotatable bonds is 11. The van der Waals surface area contributed by atoms with Crippen LogP contribution in [0.1, 0.15) is 21.8 Å². The summed E-state index contributed by atoms with van der Waals surface area (Å²) in [6.07, 6.45) is 3.66. The molecule has 0 aliphatic rings. The maximum absolute atomic E-state index is 13.0. The number of hydrogen-bond acceptors (Lipinski definition) is 7. The maximum atomic E-state index is 13.0. The Balaban J connectivity index is 1.67. The molecule has 10 heteroatoms. The van der Waals surface area contributed by atoms with Gasteiger partial charge in [-0.15, -0.1) is 11.3 Å². The lowest BCUT2D eigenvalue weighted by molar-refractivity contribution is -0.120. The molecule has 3 rings (SSSR count). The van der Waals surface area contributed by atoms with E-state index in [-0.39, 0.29) is 18.1 Å². The molecule has 3 aromatic rings. The Bertz CT molecular complexity index is 1190. The van der Waals surface area contributed by atoms with E-state index in [4.69, 9.17) is 0 Å².